The van der Waals surface area contributed by atoms with Crippen LogP contribution >= 0.6 is 0 Å². The second-order valence-corrected chi connectivity index (χ2v) is 3.48. The van der Waals surface area contributed by atoms with Gasteiger partial charge in [-0.15, -0.1) is 5.11 Å². The summed E-state index contributed by atoms with van der Waals surface area (Å²) in [4.78, 5) is 0. The summed E-state index contributed by atoms with van der Waals surface area (Å²) in [6.45, 7) is 1.84. The van der Waals surface area contributed by atoms with E-state index in [9.17, 15) is 0 Å². The Hall–Kier alpha value is -2.37. The number of methoxy groups -OCH3 is 1. The molecule has 1 heterocycles. The molecule has 6 heteroatoms. The predicted molar refractivity (Wildman–Crippen MR) is 64.9 cm³/mol. The Kier molecular flexibility index (Phi) is 3.04. The first-order valence-electron chi connectivity index (χ1n) is 5.07. The molecular weight excluding hydrogens is 218 g/mol. The number of ether oxygens (including phenoxy) is 1. The van der Waals surface area contributed by atoms with Crippen molar-refractivity contribution in [2.75, 3.05) is 12.8 Å². The van der Waals surface area contributed by atoms with E-state index in [1.807, 2.05) is 25.1 Å². The van der Waals surface area contributed by atoms with Crippen molar-refractivity contribution in [3.63, 3.8) is 0 Å². The van der Waals surface area contributed by atoms with Gasteiger partial charge >= 0.3 is 0 Å². The molecular formula is C11H13N5O. The number of benzene rings is 1. The Morgan fingerprint density at radius 3 is 2.82 bits per heavy atom. The molecule has 0 saturated heterocycles. The Labute approximate surface area is 98.5 Å². The molecule has 2 aromatic rings. The number of aromatic nitrogens is 2. The van der Waals surface area contributed by atoms with E-state index in [2.05, 4.69) is 20.4 Å². The number of nitrogens with one attached hydrogen (secondary N) is 1. The van der Waals surface area contributed by atoms with E-state index >= 15 is 0 Å². The van der Waals surface area contributed by atoms with Crippen molar-refractivity contribution in [3.05, 3.63) is 30.0 Å². The molecule has 0 aliphatic carbocycles. The number of nitrogens with two attached hydrogens (primary N) is 1. The second kappa shape index (κ2) is 4.65. The minimum Gasteiger partial charge on any atom is -0.497 e. The van der Waals surface area contributed by atoms with Gasteiger partial charge in [0.1, 0.15) is 11.4 Å². The summed E-state index contributed by atoms with van der Waals surface area (Å²) in [5, 5.41) is 14.7. The molecule has 0 unspecified atom stereocenters. The quantitative estimate of drug-likeness (QED) is 0.796. The highest BCUT2D eigenvalue weighted by molar-refractivity contribution is 5.60. The first-order valence-corrected chi connectivity index (χ1v) is 5.07. The summed E-state index contributed by atoms with van der Waals surface area (Å²) in [5.41, 5.74) is 7.69. The van der Waals surface area contributed by atoms with Crippen molar-refractivity contribution in [3.8, 4) is 5.75 Å². The summed E-state index contributed by atoms with van der Waals surface area (Å²) in [6, 6.07) is 7.31. The van der Waals surface area contributed by atoms with Crippen molar-refractivity contribution in [1.29, 1.82) is 0 Å². The van der Waals surface area contributed by atoms with Crippen molar-refractivity contribution in [1.82, 2.24) is 10.2 Å². The van der Waals surface area contributed by atoms with E-state index in [0.717, 1.165) is 11.4 Å². The number of H-pyrrole nitrogens is 1. The molecule has 0 aliphatic rings. The summed E-state index contributed by atoms with van der Waals surface area (Å²) >= 11 is 0. The van der Waals surface area contributed by atoms with Crippen molar-refractivity contribution < 1.29 is 4.74 Å². The Bertz CT molecular complexity index is 527. The Morgan fingerprint density at radius 2 is 2.18 bits per heavy atom. The van der Waals surface area contributed by atoms with Gasteiger partial charge in [0, 0.05) is 6.07 Å². The second-order valence-electron chi connectivity index (χ2n) is 3.48. The molecule has 0 saturated carbocycles. The molecule has 3 N–H and O–H groups in total. The van der Waals surface area contributed by atoms with Gasteiger partial charge in [-0.1, -0.05) is 6.07 Å². The van der Waals surface area contributed by atoms with Crippen LogP contribution in [-0.4, -0.2) is 17.3 Å². The van der Waals surface area contributed by atoms with Crippen LogP contribution in [0.1, 0.15) is 5.69 Å². The highest BCUT2D eigenvalue weighted by Crippen LogP contribution is 2.27. The number of nitrogens with zero attached hydrogens (tertiary/aromatic N) is 3. The zero-order valence-electron chi connectivity index (χ0n) is 9.64. The molecule has 1 aromatic heterocycles. The lowest BCUT2D eigenvalue weighted by atomic mass is 10.3. The fourth-order valence-electron chi connectivity index (χ4n) is 1.35. The van der Waals surface area contributed by atoms with Crippen LogP contribution < -0.4 is 10.5 Å². The summed E-state index contributed by atoms with van der Waals surface area (Å²) in [5.74, 6) is 1.08. The highest BCUT2D eigenvalue weighted by Gasteiger charge is 2.05. The lowest BCUT2D eigenvalue weighted by molar-refractivity contribution is 0.415. The van der Waals surface area contributed by atoms with Crippen molar-refractivity contribution in [2.45, 2.75) is 6.92 Å². The lowest BCUT2D eigenvalue weighted by Gasteiger charge is -1.98. The third-order valence-electron chi connectivity index (χ3n) is 2.26. The van der Waals surface area contributed by atoms with Crippen LogP contribution in [0.5, 0.6) is 5.75 Å². The predicted octanol–water partition coefficient (Wildman–Crippen LogP) is 2.72. The molecule has 6 nitrogen and oxygen atoms in total. The average molecular weight is 231 g/mol. The minimum atomic E-state index is 0.342. The summed E-state index contributed by atoms with van der Waals surface area (Å²) in [7, 11) is 1.61. The fourth-order valence-corrected chi connectivity index (χ4v) is 1.35. The Morgan fingerprint density at radius 1 is 1.35 bits per heavy atom. The normalized spacial score (nSPS) is 10.9. The molecule has 0 spiro atoms. The molecule has 0 atom stereocenters. The molecule has 1 aromatic carbocycles. The van der Waals surface area contributed by atoms with Gasteiger partial charge in [0.15, 0.2) is 5.82 Å². The standard InChI is InChI=1S/C11H13N5O/c1-7-10(11(12)16-13-7)15-14-8-4-3-5-9(6-8)17-2/h3-6H,1-2H3,(H3,12,13,16). The third-order valence-corrected chi connectivity index (χ3v) is 2.26. The number of rotatable bonds is 3. The molecule has 0 bridgehead atoms. The maximum absolute atomic E-state index is 5.64. The number of azo groups is 1. The topological polar surface area (TPSA) is 88.7 Å². The van der Waals surface area contributed by atoms with Crippen LogP contribution in [0.2, 0.25) is 0 Å². The van der Waals surface area contributed by atoms with Crippen LogP contribution in [0.3, 0.4) is 0 Å². The largest absolute Gasteiger partial charge is 0.497 e. The van der Waals surface area contributed by atoms with Crippen LogP contribution in [0.15, 0.2) is 34.5 Å². The van der Waals surface area contributed by atoms with E-state index in [-0.39, 0.29) is 0 Å². The molecule has 2 rings (SSSR count). The van der Waals surface area contributed by atoms with Crippen LogP contribution in [0.25, 0.3) is 0 Å². The molecule has 0 aliphatic heterocycles. The van der Waals surface area contributed by atoms with E-state index < -0.39 is 0 Å². The third kappa shape index (κ3) is 2.41. The van der Waals surface area contributed by atoms with Gasteiger partial charge in [0.25, 0.3) is 0 Å². The van der Waals surface area contributed by atoms with Gasteiger partial charge in [-0.2, -0.15) is 10.2 Å². The van der Waals surface area contributed by atoms with Crippen LogP contribution in [0, 0.1) is 6.92 Å². The average Bonchev–Trinajstić information content (AvgIpc) is 2.67. The molecule has 0 radical (unpaired) electrons. The van der Waals surface area contributed by atoms with E-state index in [1.165, 1.54) is 0 Å². The van der Waals surface area contributed by atoms with E-state index in [4.69, 9.17) is 10.5 Å². The van der Waals surface area contributed by atoms with Gasteiger partial charge in [-0.3, -0.25) is 5.10 Å². The smallest absolute Gasteiger partial charge is 0.173 e. The van der Waals surface area contributed by atoms with Crippen LogP contribution in [-0.2, 0) is 0 Å². The van der Waals surface area contributed by atoms with Gasteiger partial charge in [0.2, 0.25) is 0 Å². The van der Waals surface area contributed by atoms with Gasteiger partial charge < -0.3 is 10.5 Å². The first-order chi connectivity index (χ1) is 8.20. The number of anilines is 1. The Balaban J connectivity index is 2.26. The SMILES string of the molecule is COc1cccc(N=Nc2c(N)n[nH]c2C)c1. The molecule has 0 fully saturated rings. The number of aryl methyl sites for hydroxylation is 1. The maximum atomic E-state index is 5.64. The van der Waals surface area contributed by atoms with E-state index in [1.54, 1.807) is 13.2 Å². The molecule has 17 heavy (non-hydrogen) atoms. The maximum Gasteiger partial charge on any atom is 0.173 e. The highest BCUT2D eigenvalue weighted by atomic mass is 16.5. The summed E-state index contributed by atoms with van der Waals surface area (Å²) < 4.78 is 5.09. The van der Waals surface area contributed by atoms with E-state index in [0.29, 0.717) is 17.2 Å². The molecule has 0 amide bonds. The zero-order chi connectivity index (χ0) is 12.3. The van der Waals surface area contributed by atoms with Crippen molar-refractivity contribution >= 4 is 17.2 Å². The lowest BCUT2D eigenvalue weighted by Crippen LogP contribution is -1.83. The summed E-state index contributed by atoms with van der Waals surface area (Å²) in [6.07, 6.45) is 0. The van der Waals surface area contributed by atoms with Gasteiger partial charge in [-0.25, -0.2) is 0 Å². The van der Waals surface area contributed by atoms with Gasteiger partial charge in [-0.05, 0) is 19.1 Å². The molecule has 88 valence electrons. The number of hydrogen-bond acceptors (Lipinski definition) is 5. The minimum absolute atomic E-state index is 0.342. The van der Waals surface area contributed by atoms with Gasteiger partial charge in [0.05, 0.1) is 18.5 Å². The number of aromatic amines is 1. The number of nitrogen functional groups attached to an aromatic ring is 1. The van der Waals surface area contributed by atoms with Crippen LogP contribution in [0.4, 0.5) is 17.2 Å². The number of hydrogen-bond donors (Lipinski definition) is 2. The van der Waals surface area contributed by atoms with Crippen molar-refractivity contribution in [2.24, 2.45) is 10.2 Å². The monoisotopic (exact) mass is 231 g/mol. The first kappa shape index (κ1) is 11.1. The fraction of sp³-hybridized carbons (Fsp3) is 0.182. The zero-order valence-corrected chi connectivity index (χ0v) is 9.64.